The van der Waals surface area contributed by atoms with Crippen molar-refractivity contribution in [3.8, 4) is 0 Å². The summed E-state index contributed by atoms with van der Waals surface area (Å²) in [5.74, 6) is 0.353. The van der Waals surface area contributed by atoms with Crippen LogP contribution in [0.2, 0.25) is 0 Å². The highest BCUT2D eigenvalue weighted by Gasteiger charge is 2.28. The summed E-state index contributed by atoms with van der Waals surface area (Å²) >= 11 is 0. The Morgan fingerprint density at radius 1 is 1.50 bits per heavy atom. The number of piperazine rings is 1. The van der Waals surface area contributed by atoms with Crippen molar-refractivity contribution in [1.82, 2.24) is 5.32 Å². The minimum absolute atomic E-state index is 0.199. The molecule has 1 saturated heterocycles. The molecule has 2 heterocycles. The molecule has 2 aromatic rings. The summed E-state index contributed by atoms with van der Waals surface area (Å²) in [4.78, 5) is 2.31. The molecule has 1 N–H and O–H groups in total. The Kier molecular flexibility index (Phi) is 3.66. The van der Waals surface area contributed by atoms with Crippen LogP contribution in [0.1, 0.15) is 20.3 Å². The quantitative estimate of drug-likeness (QED) is 0.931. The largest absolute Gasteiger partial charge is 0.462 e. The van der Waals surface area contributed by atoms with Crippen molar-refractivity contribution in [1.29, 1.82) is 0 Å². The lowest BCUT2D eigenvalue weighted by Crippen LogP contribution is -2.54. The van der Waals surface area contributed by atoms with E-state index in [2.05, 4.69) is 24.1 Å². The second kappa shape index (κ2) is 5.44. The smallest absolute Gasteiger partial charge is 0.157 e. The van der Waals surface area contributed by atoms with Crippen LogP contribution in [0.4, 0.5) is 10.1 Å². The second-order valence-electron chi connectivity index (χ2n) is 5.61. The molecule has 0 aliphatic carbocycles. The van der Waals surface area contributed by atoms with Crippen LogP contribution in [0.3, 0.4) is 0 Å². The van der Waals surface area contributed by atoms with E-state index in [1.807, 2.05) is 6.07 Å². The number of hydrogen-bond acceptors (Lipinski definition) is 3. The maximum absolute atomic E-state index is 13.9. The maximum Gasteiger partial charge on any atom is 0.157 e. The third kappa shape index (κ3) is 2.29. The van der Waals surface area contributed by atoms with Crippen LogP contribution in [0.25, 0.3) is 11.0 Å². The molecule has 1 aliphatic heterocycles. The summed E-state index contributed by atoms with van der Waals surface area (Å²) in [6, 6.07) is 5.33. The van der Waals surface area contributed by atoms with Crippen molar-refractivity contribution in [2.45, 2.75) is 26.3 Å². The Balaban J connectivity index is 2.05. The van der Waals surface area contributed by atoms with Gasteiger partial charge in [-0.2, -0.15) is 0 Å². The van der Waals surface area contributed by atoms with Gasteiger partial charge in [0.05, 0.1) is 12.0 Å². The first-order valence-electron chi connectivity index (χ1n) is 7.34. The van der Waals surface area contributed by atoms with Crippen LogP contribution in [0, 0.1) is 11.7 Å². The van der Waals surface area contributed by atoms with Crippen molar-refractivity contribution in [2.24, 2.45) is 5.92 Å². The number of halogens is 1. The molecule has 4 heteroatoms. The number of rotatable bonds is 3. The zero-order valence-electron chi connectivity index (χ0n) is 12.0. The third-order valence-electron chi connectivity index (χ3n) is 4.39. The van der Waals surface area contributed by atoms with Gasteiger partial charge in [-0.3, -0.25) is 0 Å². The number of furan rings is 1. The fourth-order valence-corrected chi connectivity index (χ4v) is 3.05. The number of hydrogen-bond donors (Lipinski definition) is 1. The van der Waals surface area contributed by atoms with Crippen molar-refractivity contribution < 1.29 is 8.81 Å². The monoisotopic (exact) mass is 276 g/mol. The van der Waals surface area contributed by atoms with Crippen LogP contribution < -0.4 is 10.2 Å². The number of fused-ring (bicyclic) bond motifs is 1. The van der Waals surface area contributed by atoms with E-state index in [4.69, 9.17) is 4.42 Å². The molecule has 2 unspecified atom stereocenters. The predicted molar refractivity (Wildman–Crippen MR) is 79.6 cm³/mol. The molecule has 108 valence electrons. The highest BCUT2D eigenvalue weighted by Crippen LogP contribution is 2.32. The van der Waals surface area contributed by atoms with E-state index < -0.39 is 0 Å². The van der Waals surface area contributed by atoms with Gasteiger partial charge >= 0.3 is 0 Å². The Bertz CT molecular complexity index is 595. The van der Waals surface area contributed by atoms with E-state index >= 15 is 0 Å². The lowest BCUT2D eigenvalue weighted by molar-refractivity contribution is 0.362. The van der Waals surface area contributed by atoms with Crippen LogP contribution in [-0.2, 0) is 0 Å². The Labute approximate surface area is 118 Å². The molecule has 1 aromatic heterocycles. The molecule has 1 aliphatic rings. The summed E-state index contributed by atoms with van der Waals surface area (Å²) in [7, 11) is 0. The molecule has 20 heavy (non-hydrogen) atoms. The highest BCUT2D eigenvalue weighted by molar-refractivity contribution is 5.89. The van der Waals surface area contributed by atoms with Gasteiger partial charge < -0.3 is 14.6 Å². The highest BCUT2D eigenvalue weighted by atomic mass is 19.1. The van der Waals surface area contributed by atoms with Gasteiger partial charge in [0, 0.05) is 37.1 Å². The summed E-state index contributed by atoms with van der Waals surface area (Å²) < 4.78 is 19.4. The predicted octanol–water partition coefficient (Wildman–Crippen LogP) is 3.40. The standard InChI is InChI=1S/C16H21FN2O/c1-3-11(2)15-10-18-5-6-19(15)14-9-13(17)8-12-4-7-20-16(12)14/h4,7-9,11,15,18H,3,5-6,10H2,1-2H3. The van der Waals surface area contributed by atoms with E-state index in [0.29, 0.717) is 12.0 Å². The summed E-state index contributed by atoms with van der Waals surface area (Å²) in [5.41, 5.74) is 1.68. The van der Waals surface area contributed by atoms with E-state index in [0.717, 1.165) is 42.7 Å². The van der Waals surface area contributed by atoms with Crippen molar-refractivity contribution in [3.05, 3.63) is 30.3 Å². The Hall–Kier alpha value is -1.55. The first kappa shape index (κ1) is 13.4. The van der Waals surface area contributed by atoms with E-state index in [-0.39, 0.29) is 5.82 Å². The molecule has 0 spiro atoms. The lowest BCUT2D eigenvalue weighted by atomic mass is 9.95. The summed E-state index contributed by atoms with van der Waals surface area (Å²) in [6.45, 7) is 7.20. The zero-order valence-corrected chi connectivity index (χ0v) is 12.0. The molecule has 0 radical (unpaired) electrons. The Morgan fingerprint density at radius 2 is 2.35 bits per heavy atom. The van der Waals surface area contributed by atoms with Gasteiger partial charge in [-0.1, -0.05) is 20.3 Å². The minimum atomic E-state index is -0.199. The normalized spacial score (nSPS) is 21.4. The molecule has 1 fully saturated rings. The molecular formula is C16H21FN2O. The van der Waals surface area contributed by atoms with Crippen LogP contribution in [0.15, 0.2) is 28.9 Å². The first-order chi connectivity index (χ1) is 9.70. The zero-order chi connectivity index (χ0) is 14.1. The SMILES string of the molecule is CCC(C)C1CNCCN1c1cc(F)cc2ccoc12. The van der Waals surface area contributed by atoms with Crippen LogP contribution in [0.5, 0.6) is 0 Å². The molecule has 0 amide bonds. The van der Waals surface area contributed by atoms with Gasteiger partial charge in [-0.25, -0.2) is 4.39 Å². The van der Waals surface area contributed by atoms with E-state index in [1.54, 1.807) is 12.3 Å². The van der Waals surface area contributed by atoms with Crippen LogP contribution >= 0.6 is 0 Å². The van der Waals surface area contributed by atoms with E-state index in [9.17, 15) is 4.39 Å². The fraction of sp³-hybridized carbons (Fsp3) is 0.500. The topological polar surface area (TPSA) is 28.4 Å². The second-order valence-corrected chi connectivity index (χ2v) is 5.61. The summed E-state index contributed by atoms with van der Waals surface area (Å²) in [6.07, 6.45) is 2.74. The molecule has 3 rings (SSSR count). The maximum atomic E-state index is 13.9. The molecule has 0 bridgehead atoms. The third-order valence-corrected chi connectivity index (χ3v) is 4.39. The van der Waals surface area contributed by atoms with Gasteiger partial charge in [0.15, 0.2) is 5.58 Å². The van der Waals surface area contributed by atoms with E-state index in [1.165, 1.54) is 6.07 Å². The number of anilines is 1. The molecule has 2 atom stereocenters. The number of benzene rings is 1. The molecule has 1 aromatic carbocycles. The fourth-order valence-electron chi connectivity index (χ4n) is 3.05. The Morgan fingerprint density at radius 3 is 3.15 bits per heavy atom. The van der Waals surface area contributed by atoms with Gasteiger partial charge in [0.25, 0.3) is 0 Å². The lowest BCUT2D eigenvalue weighted by Gasteiger charge is -2.41. The van der Waals surface area contributed by atoms with Crippen molar-refractivity contribution >= 4 is 16.7 Å². The van der Waals surface area contributed by atoms with Crippen LogP contribution in [-0.4, -0.2) is 25.7 Å². The first-order valence-corrected chi connectivity index (χ1v) is 7.34. The summed E-state index contributed by atoms with van der Waals surface area (Å²) in [5, 5.41) is 4.27. The van der Waals surface area contributed by atoms with Gasteiger partial charge in [0.1, 0.15) is 5.82 Å². The van der Waals surface area contributed by atoms with Crippen molar-refractivity contribution in [2.75, 3.05) is 24.5 Å². The van der Waals surface area contributed by atoms with Gasteiger partial charge in [-0.05, 0) is 18.1 Å². The van der Waals surface area contributed by atoms with Gasteiger partial charge in [-0.15, -0.1) is 0 Å². The number of nitrogens with zero attached hydrogens (tertiary/aromatic N) is 1. The molecule has 3 nitrogen and oxygen atoms in total. The minimum Gasteiger partial charge on any atom is -0.462 e. The number of nitrogens with one attached hydrogen (secondary N) is 1. The molecular weight excluding hydrogens is 255 g/mol. The average molecular weight is 276 g/mol. The van der Waals surface area contributed by atoms with Crippen molar-refractivity contribution in [3.63, 3.8) is 0 Å². The molecule has 0 saturated carbocycles. The van der Waals surface area contributed by atoms with Gasteiger partial charge in [0.2, 0.25) is 0 Å². The average Bonchev–Trinajstić information content (AvgIpc) is 2.93.